The first kappa shape index (κ1) is 15.9. The molecule has 0 radical (unpaired) electrons. The Labute approximate surface area is 127 Å². The Bertz CT molecular complexity index is 456. The van der Waals surface area contributed by atoms with Gasteiger partial charge in [0.15, 0.2) is 12.1 Å². The number of rotatable bonds is 7. The van der Waals surface area contributed by atoms with Crippen molar-refractivity contribution in [1.82, 2.24) is 0 Å². The van der Waals surface area contributed by atoms with Crippen LogP contribution in [0.15, 0.2) is 36.9 Å². The Morgan fingerprint density at radius 1 is 1.24 bits per heavy atom. The van der Waals surface area contributed by atoms with Crippen LogP contribution in [0.3, 0.4) is 0 Å². The number of ketones is 1. The maximum Gasteiger partial charge on any atom is 0.185 e. The number of hydrogen-bond donors (Lipinski definition) is 0. The van der Waals surface area contributed by atoms with E-state index in [1.807, 2.05) is 12.1 Å². The van der Waals surface area contributed by atoms with Gasteiger partial charge in [-0.15, -0.1) is 0 Å². The molecule has 1 aromatic carbocycles. The molecule has 3 nitrogen and oxygen atoms in total. The minimum absolute atomic E-state index is 0.0666. The van der Waals surface area contributed by atoms with Crippen LogP contribution in [0.5, 0.6) is 0 Å². The molecule has 0 saturated carbocycles. The van der Waals surface area contributed by atoms with E-state index in [0.29, 0.717) is 11.5 Å². The van der Waals surface area contributed by atoms with E-state index in [4.69, 9.17) is 9.47 Å². The monoisotopic (exact) mass is 288 g/mol. The molecular formula is C18H24O3. The van der Waals surface area contributed by atoms with Gasteiger partial charge in [-0.05, 0) is 12.5 Å². The summed E-state index contributed by atoms with van der Waals surface area (Å²) in [6, 6.07) is 7.36. The zero-order valence-corrected chi connectivity index (χ0v) is 12.7. The molecule has 1 aliphatic rings. The lowest BCUT2D eigenvalue weighted by Crippen LogP contribution is -2.27. The minimum atomic E-state index is -0.305. The summed E-state index contributed by atoms with van der Waals surface area (Å²) in [4.78, 5) is 11.5. The van der Waals surface area contributed by atoms with Gasteiger partial charge in [-0.1, -0.05) is 57.0 Å². The maximum absolute atomic E-state index is 11.5. The number of carbonyl (C=O) groups excluding carboxylic acids is 1. The molecule has 1 fully saturated rings. The van der Waals surface area contributed by atoms with Crippen molar-refractivity contribution in [3.8, 4) is 0 Å². The first-order valence-corrected chi connectivity index (χ1v) is 7.74. The Kier molecular flexibility index (Phi) is 6.15. The van der Waals surface area contributed by atoms with Gasteiger partial charge >= 0.3 is 0 Å². The van der Waals surface area contributed by atoms with E-state index in [0.717, 1.165) is 18.8 Å². The zero-order chi connectivity index (χ0) is 15.1. The van der Waals surface area contributed by atoms with Crippen molar-refractivity contribution in [3.05, 3.63) is 48.0 Å². The molecule has 0 bridgehead atoms. The summed E-state index contributed by atoms with van der Waals surface area (Å²) >= 11 is 0. The molecule has 0 unspecified atom stereocenters. The topological polar surface area (TPSA) is 35.5 Å². The summed E-state index contributed by atoms with van der Waals surface area (Å²) in [5, 5.41) is 0. The van der Waals surface area contributed by atoms with E-state index in [1.165, 1.54) is 31.8 Å². The fourth-order valence-corrected chi connectivity index (χ4v) is 2.51. The van der Waals surface area contributed by atoms with Crippen molar-refractivity contribution < 1.29 is 14.3 Å². The molecule has 0 spiro atoms. The third kappa shape index (κ3) is 4.51. The van der Waals surface area contributed by atoms with Gasteiger partial charge in [0.2, 0.25) is 0 Å². The van der Waals surface area contributed by atoms with Crippen molar-refractivity contribution in [2.45, 2.75) is 38.9 Å². The molecule has 1 saturated heterocycles. The number of allylic oxidation sites excluding steroid dienone is 1. The van der Waals surface area contributed by atoms with Crippen molar-refractivity contribution in [2.75, 3.05) is 13.2 Å². The van der Waals surface area contributed by atoms with Crippen LogP contribution in [0.2, 0.25) is 0 Å². The normalized spacial score (nSPS) is 22.0. The zero-order valence-electron chi connectivity index (χ0n) is 12.7. The number of benzene rings is 1. The fraction of sp³-hybridized carbons (Fsp3) is 0.500. The van der Waals surface area contributed by atoms with E-state index < -0.39 is 0 Å². The van der Waals surface area contributed by atoms with Gasteiger partial charge in [-0.3, -0.25) is 4.79 Å². The van der Waals surface area contributed by atoms with Crippen LogP contribution >= 0.6 is 0 Å². The van der Waals surface area contributed by atoms with Crippen LogP contribution < -0.4 is 0 Å². The molecule has 0 amide bonds. The molecule has 1 heterocycles. The van der Waals surface area contributed by atoms with E-state index in [9.17, 15) is 4.79 Å². The van der Waals surface area contributed by atoms with Crippen LogP contribution in [0.4, 0.5) is 0 Å². The van der Waals surface area contributed by atoms with Gasteiger partial charge in [0.25, 0.3) is 0 Å². The summed E-state index contributed by atoms with van der Waals surface area (Å²) in [5.41, 5.74) is 1.60. The van der Waals surface area contributed by atoms with Gasteiger partial charge in [0, 0.05) is 17.0 Å². The standard InChI is InChI=1S/C18H24O3/c1-3-5-6-7-14-12-20-18(21-13-14)16-10-8-15(9-11-16)17(19)4-2/h4,8-11,14,18H,2-3,5-7,12-13H2,1H3. The van der Waals surface area contributed by atoms with Gasteiger partial charge in [0.05, 0.1) is 13.2 Å². The highest BCUT2D eigenvalue weighted by Gasteiger charge is 2.23. The second-order valence-electron chi connectivity index (χ2n) is 5.55. The smallest absolute Gasteiger partial charge is 0.185 e. The van der Waals surface area contributed by atoms with Crippen molar-refractivity contribution >= 4 is 5.78 Å². The molecule has 0 atom stereocenters. The first-order valence-electron chi connectivity index (χ1n) is 7.74. The number of carbonyl (C=O) groups is 1. The van der Waals surface area contributed by atoms with Crippen LogP contribution in [-0.2, 0) is 9.47 Å². The largest absolute Gasteiger partial charge is 0.348 e. The molecule has 0 aromatic heterocycles. The third-order valence-electron chi connectivity index (χ3n) is 3.84. The highest BCUT2D eigenvalue weighted by atomic mass is 16.7. The van der Waals surface area contributed by atoms with Gasteiger partial charge < -0.3 is 9.47 Å². The summed E-state index contributed by atoms with van der Waals surface area (Å²) < 4.78 is 11.6. The Morgan fingerprint density at radius 3 is 2.48 bits per heavy atom. The molecule has 21 heavy (non-hydrogen) atoms. The van der Waals surface area contributed by atoms with Crippen molar-refractivity contribution in [1.29, 1.82) is 0 Å². The quantitative estimate of drug-likeness (QED) is 0.426. The van der Waals surface area contributed by atoms with E-state index in [-0.39, 0.29) is 12.1 Å². The van der Waals surface area contributed by atoms with E-state index in [2.05, 4.69) is 13.5 Å². The van der Waals surface area contributed by atoms with Crippen molar-refractivity contribution in [3.63, 3.8) is 0 Å². The average Bonchev–Trinajstić information content (AvgIpc) is 2.55. The van der Waals surface area contributed by atoms with Crippen LogP contribution in [0, 0.1) is 5.92 Å². The molecule has 0 N–H and O–H groups in total. The van der Waals surface area contributed by atoms with Gasteiger partial charge in [-0.25, -0.2) is 0 Å². The van der Waals surface area contributed by atoms with Crippen molar-refractivity contribution in [2.24, 2.45) is 5.92 Å². The van der Waals surface area contributed by atoms with Gasteiger partial charge in [0.1, 0.15) is 0 Å². The molecule has 0 aliphatic carbocycles. The maximum atomic E-state index is 11.5. The highest BCUT2D eigenvalue weighted by molar-refractivity contribution is 6.04. The summed E-state index contributed by atoms with van der Waals surface area (Å²) in [5.74, 6) is 0.442. The Morgan fingerprint density at radius 2 is 1.90 bits per heavy atom. The van der Waals surface area contributed by atoms with E-state index >= 15 is 0 Å². The average molecular weight is 288 g/mol. The third-order valence-corrected chi connectivity index (χ3v) is 3.84. The summed E-state index contributed by atoms with van der Waals surface area (Å²) in [7, 11) is 0. The minimum Gasteiger partial charge on any atom is -0.348 e. The molecule has 1 aliphatic heterocycles. The molecule has 2 rings (SSSR count). The lowest BCUT2D eigenvalue weighted by Gasteiger charge is -2.29. The molecule has 3 heteroatoms. The Balaban J connectivity index is 1.84. The summed E-state index contributed by atoms with van der Waals surface area (Å²) in [6.07, 6.45) is 5.96. The fourth-order valence-electron chi connectivity index (χ4n) is 2.51. The van der Waals surface area contributed by atoms with E-state index in [1.54, 1.807) is 12.1 Å². The molecule has 1 aromatic rings. The van der Waals surface area contributed by atoms with Crippen LogP contribution in [-0.4, -0.2) is 19.0 Å². The number of ether oxygens (including phenoxy) is 2. The lowest BCUT2D eigenvalue weighted by molar-refractivity contribution is -0.206. The molecule has 114 valence electrons. The number of hydrogen-bond acceptors (Lipinski definition) is 3. The second-order valence-corrected chi connectivity index (χ2v) is 5.55. The van der Waals surface area contributed by atoms with Crippen LogP contribution in [0.1, 0.15) is 54.8 Å². The SMILES string of the molecule is C=CC(=O)c1ccc(C2OCC(CCCCC)CO2)cc1. The predicted octanol–water partition coefficient (Wildman–Crippen LogP) is 4.30. The number of unbranched alkanes of at least 4 members (excludes halogenated alkanes) is 2. The Hall–Kier alpha value is -1.45. The highest BCUT2D eigenvalue weighted by Crippen LogP contribution is 2.27. The molecular weight excluding hydrogens is 264 g/mol. The summed E-state index contributed by atoms with van der Waals surface area (Å²) in [6.45, 7) is 7.21. The predicted molar refractivity (Wildman–Crippen MR) is 83.2 cm³/mol. The second kappa shape index (κ2) is 8.11. The van der Waals surface area contributed by atoms with Gasteiger partial charge in [-0.2, -0.15) is 0 Å². The van der Waals surface area contributed by atoms with Crippen LogP contribution in [0.25, 0.3) is 0 Å². The first-order chi connectivity index (χ1) is 10.2. The lowest BCUT2D eigenvalue weighted by atomic mass is 10.0.